The molecular formula is C74H91IN8+6. The highest BCUT2D eigenvalue weighted by Crippen LogP contribution is 2.20. The van der Waals surface area contributed by atoms with E-state index in [-0.39, 0.29) is 0 Å². The first-order valence-corrected chi connectivity index (χ1v) is 32.2. The zero-order chi connectivity index (χ0) is 58.0. The van der Waals surface area contributed by atoms with E-state index in [0.717, 1.165) is 84.2 Å². The van der Waals surface area contributed by atoms with Crippen molar-refractivity contribution in [3.8, 4) is 81.5 Å². The molecule has 0 amide bonds. The third-order valence-corrected chi connectivity index (χ3v) is 15.6. The molecule has 9 heteroatoms. The Morgan fingerprint density at radius 2 is 0.434 bits per heavy atom. The normalized spacial score (nSPS) is 10.6. The molecular weight excluding hydrogens is 1130 g/mol. The zero-order valence-corrected chi connectivity index (χ0v) is 51.6. The van der Waals surface area contributed by atoms with E-state index in [9.17, 15) is 0 Å². The van der Waals surface area contributed by atoms with Gasteiger partial charge in [-0.2, -0.15) is 0 Å². The average Bonchev–Trinajstić information content (AvgIpc) is 3.65. The standard InChI is InChI=1S/C40H50N4.C28H32N4.C6H9I/c1-3-5-7-13-25-41-29-17-37(18-30-41)39-21-33-43(34-22-39)27-15-11-9-10-12-16-28-44-35-23-40(24-36-44)38-19-31-42(32-20-38)26-14-8-6-4-2;1(3-5-19-31-21-11-27(12-22-31)25-7-15-29-16-8-25)2-4-6-20-32-23-13-28(14-24-32)26-9-17-30-18-10-26;1-2-3-4-5-6-7/h1-2,17-24,29-36H,5-16,25-28H2;7-18,21-24H,1-6,19-20H2;1H,3-6H2/q+4;+2;. The summed E-state index contributed by atoms with van der Waals surface area (Å²) in [5, 5.41) is 0. The van der Waals surface area contributed by atoms with Crippen molar-refractivity contribution in [2.24, 2.45) is 0 Å². The van der Waals surface area contributed by atoms with Gasteiger partial charge in [-0.05, 0) is 125 Å². The van der Waals surface area contributed by atoms with E-state index in [1.165, 1.54) is 139 Å². The lowest BCUT2D eigenvalue weighted by Gasteiger charge is -2.03. The van der Waals surface area contributed by atoms with Gasteiger partial charge >= 0.3 is 0 Å². The Bertz CT molecular complexity index is 2870. The number of alkyl halides is 1. The Morgan fingerprint density at radius 3 is 0.639 bits per heavy atom. The van der Waals surface area contributed by atoms with Gasteiger partial charge in [-0.15, -0.1) is 37.0 Å². The summed E-state index contributed by atoms with van der Waals surface area (Å²) < 4.78 is 14.9. The Labute approximate surface area is 513 Å². The molecule has 0 radical (unpaired) electrons. The predicted molar refractivity (Wildman–Crippen MR) is 347 cm³/mol. The molecule has 8 aromatic rings. The molecule has 8 heterocycles. The van der Waals surface area contributed by atoms with Gasteiger partial charge in [-0.1, -0.05) is 48.3 Å². The maximum atomic E-state index is 5.34. The molecule has 0 saturated carbocycles. The van der Waals surface area contributed by atoms with Crippen LogP contribution in [0.25, 0.3) is 44.5 Å². The van der Waals surface area contributed by atoms with E-state index in [0.29, 0.717) is 0 Å². The highest BCUT2D eigenvalue weighted by Gasteiger charge is 2.10. The fourth-order valence-corrected chi connectivity index (χ4v) is 10.4. The second kappa shape index (κ2) is 40.7. The highest BCUT2D eigenvalue weighted by atomic mass is 127. The number of unbranched alkanes of at least 4 members (excludes halogenated alkanes) is 16. The van der Waals surface area contributed by atoms with Crippen LogP contribution in [0.4, 0.5) is 0 Å². The lowest BCUT2D eigenvalue weighted by Crippen LogP contribution is -2.33. The van der Waals surface area contributed by atoms with Gasteiger partial charge in [-0.25, -0.2) is 27.4 Å². The first-order valence-electron chi connectivity index (χ1n) is 30.7. The van der Waals surface area contributed by atoms with E-state index in [4.69, 9.17) is 19.3 Å². The van der Waals surface area contributed by atoms with Crippen LogP contribution >= 0.6 is 22.6 Å². The summed E-state index contributed by atoms with van der Waals surface area (Å²) in [6.45, 7) is 6.40. The number of aromatic nitrogens is 8. The van der Waals surface area contributed by atoms with Gasteiger partial charge in [0.15, 0.2) is 74.4 Å². The monoisotopic (exact) mass is 1220 g/mol. The van der Waals surface area contributed by atoms with Crippen molar-refractivity contribution < 1.29 is 27.4 Å². The van der Waals surface area contributed by atoms with Gasteiger partial charge < -0.3 is 0 Å². The molecule has 0 aliphatic rings. The van der Waals surface area contributed by atoms with Crippen LogP contribution < -0.4 is 27.4 Å². The smallest absolute Gasteiger partial charge is 0.169 e. The molecule has 0 saturated heterocycles. The maximum absolute atomic E-state index is 5.34. The quantitative estimate of drug-likeness (QED) is 0.0135. The van der Waals surface area contributed by atoms with Crippen molar-refractivity contribution in [3.63, 3.8) is 0 Å². The molecule has 428 valence electrons. The van der Waals surface area contributed by atoms with Crippen LogP contribution in [-0.4, -0.2) is 14.4 Å². The Hall–Kier alpha value is -7.39. The molecule has 0 unspecified atom stereocenters. The second-order valence-corrected chi connectivity index (χ2v) is 22.4. The Balaban J connectivity index is 0.000000248. The van der Waals surface area contributed by atoms with Crippen LogP contribution in [0.5, 0.6) is 0 Å². The van der Waals surface area contributed by atoms with Crippen LogP contribution in [0.3, 0.4) is 0 Å². The molecule has 0 aromatic carbocycles. The van der Waals surface area contributed by atoms with Crippen molar-refractivity contribution in [2.45, 2.75) is 174 Å². The van der Waals surface area contributed by atoms with Crippen molar-refractivity contribution in [1.82, 2.24) is 9.97 Å². The fraction of sp³-hybridized carbons (Fsp3) is 0.378. The molecule has 0 N–H and O–H groups in total. The number of nitrogens with zero attached hydrogens (tertiary/aromatic N) is 8. The third-order valence-electron chi connectivity index (χ3n) is 14.9. The number of hydrogen-bond acceptors (Lipinski definition) is 2. The van der Waals surface area contributed by atoms with Gasteiger partial charge in [-0.3, -0.25) is 9.97 Å². The molecule has 8 nitrogen and oxygen atoms in total. The summed E-state index contributed by atoms with van der Waals surface area (Å²) >= 11 is 2.36. The molecule has 0 aliphatic heterocycles. The number of terminal acetylenes is 3. The summed E-state index contributed by atoms with van der Waals surface area (Å²) in [6, 6.07) is 34.7. The van der Waals surface area contributed by atoms with Crippen LogP contribution in [0.1, 0.15) is 135 Å². The summed E-state index contributed by atoms with van der Waals surface area (Å²) in [6.07, 6.45) is 74.3. The molecule has 0 bridgehead atoms. The third kappa shape index (κ3) is 26.2. The van der Waals surface area contributed by atoms with Gasteiger partial charge in [0.2, 0.25) is 0 Å². The lowest BCUT2D eigenvalue weighted by molar-refractivity contribution is -0.697. The summed E-state index contributed by atoms with van der Waals surface area (Å²) in [5.41, 5.74) is 9.99. The van der Waals surface area contributed by atoms with Gasteiger partial charge in [0.05, 0.1) is 0 Å². The number of hydrogen-bond donors (Lipinski definition) is 0. The molecule has 0 atom stereocenters. The summed E-state index contributed by atoms with van der Waals surface area (Å²) in [7, 11) is 0. The summed E-state index contributed by atoms with van der Waals surface area (Å²) in [5.74, 6) is 8.03. The maximum Gasteiger partial charge on any atom is 0.169 e. The lowest BCUT2D eigenvalue weighted by atomic mass is 10.1. The zero-order valence-electron chi connectivity index (χ0n) is 49.5. The SMILES string of the molecule is C#CCCCCI.C#CCCCC[n+]1ccc(-c2cc[n+](CCCCCCCC[n+]3ccc(-c4cc[n+](CCCCC#C)cc4)cc3)cc2)cc1.c1cc(-c2cc[n+](CCCCCCCC[n+]3ccc(-c4ccncc4)cc3)cc2)ccn1. The van der Waals surface area contributed by atoms with E-state index in [1.807, 2.05) is 24.8 Å². The van der Waals surface area contributed by atoms with Gasteiger partial charge in [0.25, 0.3) is 0 Å². The number of halogens is 1. The number of aryl methyl sites for hydroxylation is 6. The van der Waals surface area contributed by atoms with Crippen LogP contribution in [0.2, 0.25) is 0 Å². The average molecular weight is 1220 g/mol. The molecule has 0 aliphatic carbocycles. The Kier molecular flexibility index (Phi) is 31.8. The van der Waals surface area contributed by atoms with E-state index in [2.05, 4.69) is 249 Å². The predicted octanol–water partition coefficient (Wildman–Crippen LogP) is 14.5. The number of rotatable bonds is 33. The van der Waals surface area contributed by atoms with Gasteiger partial charge in [0, 0.05) is 155 Å². The van der Waals surface area contributed by atoms with E-state index >= 15 is 0 Å². The van der Waals surface area contributed by atoms with Crippen molar-refractivity contribution in [3.05, 3.63) is 196 Å². The second-order valence-electron chi connectivity index (χ2n) is 21.3. The topological polar surface area (TPSA) is 49.1 Å². The van der Waals surface area contributed by atoms with Crippen molar-refractivity contribution >= 4 is 22.6 Å². The molecule has 83 heavy (non-hydrogen) atoms. The minimum Gasteiger partial charge on any atom is -0.265 e. The van der Waals surface area contributed by atoms with Crippen molar-refractivity contribution in [2.75, 3.05) is 4.43 Å². The van der Waals surface area contributed by atoms with Crippen molar-refractivity contribution in [1.29, 1.82) is 0 Å². The van der Waals surface area contributed by atoms with E-state index in [1.54, 1.807) is 0 Å². The fourth-order valence-electron chi connectivity index (χ4n) is 9.84. The molecule has 0 fully saturated rings. The number of pyridine rings is 8. The molecule has 8 rings (SSSR count). The molecule has 8 aromatic heterocycles. The van der Waals surface area contributed by atoms with Crippen LogP contribution in [0.15, 0.2) is 196 Å². The minimum absolute atomic E-state index is 0.865. The van der Waals surface area contributed by atoms with Crippen LogP contribution in [-0.2, 0) is 39.3 Å². The van der Waals surface area contributed by atoms with Crippen LogP contribution in [0, 0.1) is 37.0 Å². The molecule has 0 spiro atoms. The van der Waals surface area contributed by atoms with Gasteiger partial charge in [0.1, 0.15) is 39.3 Å². The minimum atomic E-state index is 0.865. The Morgan fingerprint density at radius 1 is 0.253 bits per heavy atom. The largest absolute Gasteiger partial charge is 0.265 e. The first-order chi connectivity index (χ1) is 41.0. The summed E-state index contributed by atoms with van der Waals surface area (Å²) in [4.78, 5) is 8.17. The first kappa shape index (κ1) is 64.8. The highest BCUT2D eigenvalue weighted by molar-refractivity contribution is 14.1. The van der Waals surface area contributed by atoms with E-state index < -0.39 is 0 Å².